The molecule has 0 aliphatic carbocycles. The van der Waals surface area contributed by atoms with E-state index >= 15 is 0 Å². The molecule has 0 aliphatic heterocycles. The fraction of sp³-hybridized carbons (Fsp3) is 0.0233. The summed E-state index contributed by atoms with van der Waals surface area (Å²) in [5.74, 6) is 102. The van der Waals surface area contributed by atoms with Crippen LogP contribution in [0.1, 0.15) is 8.29 Å². The first kappa shape index (κ1) is 31.8. The zero-order valence-electron chi connectivity index (χ0n) is 23.0. The van der Waals surface area contributed by atoms with Gasteiger partial charge in [-0.2, -0.15) is 0 Å². The fourth-order valence-corrected chi connectivity index (χ4v) is 1.25. The molecular formula is C43H4. The van der Waals surface area contributed by atoms with Crippen molar-refractivity contribution in [3.63, 3.8) is 0 Å². The molecule has 0 heteroatoms. The lowest BCUT2D eigenvalue weighted by molar-refractivity contribution is 1.92. The first-order valence-corrected chi connectivity index (χ1v) is 10.8. The second-order valence-corrected chi connectivity index (χ2v) is 5.25. The van der Waals surface area contributed by atoms with E-state index in [2.05, 4.69) is 243 Å². The lowest BCUT2D eigenvalue weighted by Gasteiger charge is -1.57. The monoisotopic (exact) mass is 521 g/mol. The Morgan fingerprint density at radius 1 is 0.233 bits per heavy atom. The standard InChI is InChI=1S/C43H4/c1-3-5-7-9-11-13-15-17-19-21-23-25-27-29-31-33-35-37-39-41-43-42-40-38-36-34-32-30-28-26-24-22-20-18-16-14-12-10-8-6-4-2/h1H,2H3/i1D. The lowest BCUT2D eigenvalue weighted by atomic mass is 10.4. The first-order valence-electron chi connectivity index (χ1n) is 11.2. The Morgan fingerprint density at radius 2 is 0.372 bits per heavy atom. The van der Waals surface area contributed by atoms with Crippen molar-refractivity contribution in [1.29, 1.82) is 0 Å². The van der Waals surface area contributed by atoms with Crippen LogP contribution in [-0.4, -0.2) is 0 Å². The number of hydrogen-bond acceptors (Lipinski definition) is 0. The molecule has 0 aliphatic rings. The maximum absolute atomic E-state index is 6.56. The highest BCUT2D eigenvalue weighted by Crippen LogP contribution is 1.61. The Kier molecular flexibility index (Phi) is 24.2. The topological polar surface area (TPSA) is 0 Å². The molecule has 0 radical (unpaired) electrons. The summed E-state index contributed by atoms with van der Waals surface area (Å²) in [6.07, 6.45) is 1.88. The molecule has 0 bridgehead atoms. The minimum absolute atomic E-state index is 1.69. The quantitative estimate of drug-likeness (QED) is 0.412. The van der Waals surface area contributed by atoms with Gasteiger partial charge < -0.3 is 0 Å². The maximum atomic E-state index is 6.56. The van der Waals surface area contributed by atoms with E-state index in [0.29, 0.717) is 0 Å². The highest BCUT2D eigenvalue weighted by Gasteiger charge is 1.61. The Bertz CT molecular complexity index is 2380. The second-order valence-electron chi connectivity index (χ2n) is 5.25. The Balaban J connectivity index is 4.54. The summed E-state index contributed by atoms with van der Waals surface area (Å²) in [4.78, 5) is 0. The van der Waals surface area contributed by atoms with Crippen LogP contribution in [0.15, 0.2) is 0 Å². The fourth-order valence-electron chi connectivity index (χ4n) is 1.25. The molecule has 0 saturated carbocycles. The molecule has 43 heavy (non-hydrogen) atoms. The van der Waals surface area contributed by atoms with Gasteiger partial charge in [0.1, 0.15) is 1.37 Å². The van der Waals surface area contributed by atoms with Crippen molar-refractivity contribution in [2.24, 2.45) is 0 Å². The predicted molar refractivity (Wildman–Crippen MR) is 170 cm³/mol. The molecule has 0 fully saturated rings. The van der Waals surface area contributed by atoms with E-state index in [-0.39, 0.29) is 0 Å². The molecule has 0 saturated heterocycles. The van der Waals surface area contributed by atoms with Crippen LogP contribution in [0.25, 0.3) is 0 Å². The van der Waals surface area contributed by atoms with E-state index in [1.165, 1.54) is 0 Å². The summed E-state index contributed by atoms with van der Waals surface area (Å²) < 4.78 is 6.56. The van der Waals surface area contributed by atoms with Crippen LogP contribution in [-0.2, 0) is 0 Å². The summed E-state index contributed by atoms with van der Waals surface area (Å²) in [5.41, 5.74) is 0. The highest BCUT2D eigenvalue weighted by molar-refractivity contribution is 5.50. The van der Waals surface area contributed by atoms with E-state index in [4.69, 9.17) is 1.37 Å². The van der Waals surface area contributed by atoms with Crippen LogP contribution >= 0.6 is 0 Å². The van der Waals surface area contributed by atoms with Gasteiger partial charge in [-0.25, -0.2) is 0 Å². The number of terminal acetylenes is 1. The Labute approximate surface area is 256 Å². The van der Waals surface area contributed by atoms with Gasteiger partial charge in [-0.3, -0.25) is 0 Å². The summed E-state index contributed by atoms with van der Waals surface area (Å²) >= 11 is 0. The molecule has 176 valence electrons. The van der Waals surface area contributed by atoms with Crippen molar-refractivity contribution in [2.45, 2.75) is 6.92 Å². The van der Waals surface area contributed by atoms with Gasteiger partial charge in [0.15, 0.2) is 0 Å². The van der Waals surface area contributed by atoms with Gasteiger partial charge in [0.2, 0.25) is 0 Å². The number of hydrogen-bond donors (Lipinski definition) is 0. The second kappa shape index (κ2) is 32.8. The largest absolute Gasteiger partial charge is 0.125 e. The molecule has 0 aromatic carbocycles. The maximum Gasteiger partial charge on any atom is 0.125 e. The summed E-state index contributed by atoms with van der Waals surface area (Å²) in [6, 6.07) is 0. The summed E-state index contributed by atoms with van der Waals surface area (Å²) in [6.45, 7) is 1.69. The van der Waals surface area contributed by atoms with Crippen LogP contribution in [0, 0.1) is 249 Å². The Hall–Kier alpha value is -9.24. The van der Waals surface area contributed by atoms with E-state index < -0.39 is 0 Å². The van der Waals surface area contributed by atoms with E-state index in [9.17, 15) is 0 Å². The van der Waals surface area contributed by atoms with E-state index in [1.54, 1.807) is 6.92 Å². The minimum atomic E-state index is 1.69. The van der Waals surface area contributed by atoms with Crippen molar-refractivity contribution in [1.82, 2.24) is 0 Å². The van der Waals surface area contributed by atoms with Gasteiger partial charge in [-0.05, 0) is 102 Å². The van der Waals surface area contributed by atoms with Gasteiger partial charge in [-0.1, -0.05) is 5.92 Å². The van der Waals surface area contributed by atoms with Crippen molar-refractivity contribution in [3.8, 4) is 249 Å². The smallest absolute Gasteiger partial charge is 0.106 e. The van der Waals surface area contributed by atoms with Crippen LogP contribution in [0.4, 0.5) is 0 Å². The third kappa shape index (κ3) is 32.8. The van der Waals surface area contributed by atoms with Crippen molar-refractivity contribution in [2.75, 3.05) is 0 Å². The van der Waals surface area contributed by atoms with Crippen LogP contribution in [0.5, 0.6) is 0 Å². The van der Waals surface area contributed by atoms with Crippen molar-refractivity contribution >= 4 is 0 Å². The molecule has 0 amide bonds. The third-order valence-corrected chi connectivity index (χ3v) is 2.56. The SMILES string of the molecule is [2H]C#CC#CC#CC#CC#CC#CC#CC#CC#CC#CC#CC#CC#CC#CC#CC#CC#CC#CC#CC#CC#CC. The van der Waals surface area contributed by atoms with Crippen LogP contribution in [0.3, 0.4) is 0 Å². The molecule has 0 heterocycles. The number of rotatable bonds is 0. The van der Waals surface area contributed by atoms with Gasteiger partial charge in [0.25, 0.3) is 0 Å². The molecule has 0 unspecified atom stereocenters. The van der Waals surface area contributed by atoms with Crippen LogP contribution < -0.4 is 0 Å². The minimum Gasteiger partial charge on any atom is -0.106 e. The van der Waals surface area contributed by atoms with Gasteiger partial charge in [0, 0.05) is 142 Å². The zero-order valence-corrected chi connectivity index (χ0v) is 22.0. The molecule has 0 spiro atoms. The van der Waals surface area contributed by atoms with Gasteiger partial charge >= 0.3 is 0 Å². The van der Waals surface area contributed by atoms with Gasteiger partial charge in [0.05, 0.1) is 0 Å². The lowest BCUT2D eigenvalue weighted by Crippen LogP contribution is -1.57. The van der Waals surface area contributed by atoms with E-state index in [1.807, 2.05) is 6.40 Å². The molecule has 0 aromatic rings. The first-order chi connectivity index (χ1) is 21.9. The molecule has 0 rings (SSSR count). The average Bonchev–Trinajstić information content (AvgIpc) is 3.04. The summed E-state index contributed by atoms with van der Waals surface area (Å²) in [7, 11) is 0. The third-order valence-electron chi connectivity index (χ3n) is 2.56. The van der Waals surface area contributed by atoms with Crippen molar-refractivity contribution in [3.05, 3.63) is 0 Å². The molecule has 0 nitrogen and oxygen atoms in total. The van der Waals surface area contributed by atoms with E-state index in [0.717, 1.165) is 0 Å². The van der Waals surface area contributed by atoms with Crippen LogP contribution in [0.2, 0.25) is 0 Å². The van der Waals surface area contributed by atoms with Crippen molar-refractivity contribution < 1.29 is 1.37 Å². The molecular weight excluding hydrogens is 516 g/mol. The van der Waals surface area contributed by atoms with Gasteiger partial charge in [-0.15, -0.1) is 6.40 Å². The molecule has 0 atom stereocenters. The Morgan fingerprint density at radius 3 is 0.512 bits per heavy atom. The molecule has 0 N–H and O–H groups in total. The summed E-state index contributed by atoms with van der Waals surface area (Å²) in [5, 5.41) is 0. The highest BCUT2D eigenvalue weighted by atomic mass is 13.6. The molecule has 0 aromatic heterocycles. The predicted octanol–water partition coefficient (Wildman–Crippen LogP) is 0.708. The normalized spacial score (nSPS) is 4.07. The average molecular weight is 522 g/mol. The zero-order chi connectivity index (χ0) is 31.7.